The largest absolute Gasteiger partial charge is 0.278 e. The van der Waals surface area contributed by atoms with E-state index in [4.69, 9.17) is 6.42 Å². The summed E-state index contributed by atoms with van der Waals surface area (Å²) in [4.78, 5) is 0. The number of nitrogens with zero attached hydrogens (tertiary/aromatic N) is 1. The summed E-state index contributed by atoms with van der Waals surface area (Å²) < 4.78 is 1.89. The molecule has 0 unspecified atom stereocenters. The van der Waals surface area contributed by atoms with Crippen LogP contribution in [0.2, 0.25) is 0 Å². The zero-order valence-electron chi connectivity index (χ0n) is 7.83. The molecule has 2 aromatic rings. The fourth-order valence-corrected chi connectivity index (χ4v) is 1.80. The van der Waals surface area contributed by atoms with E-state index in [1.165, 1.54) is 10.8 Å². The quantitative estimate of drug-likeness (QED) is 0.534. The van der Waals surface area contributed by atoms with Gasteiger partial charge in [-0.2, -0.15) is 0 Å². The van der Waals surface area contributed by atoms with E-state index in [1.807, 2.05) is 16.7 Å². The van der Waals surface area contributed by atoms with Gasteiger partial charge < -0.3 is 0 Å². The molecular formula is C12H11N. The zero-order valence-corrected chi connectivity index (χ0v) is 7.83. The summed E-state index contributed by atoms with van der Waals surface area (Å²) >= 11 is 0. The molecule has 0 bridgehead atoms. The van der Waals surface area contributed by atoms with Crippen molar-refractivity contribution >= 4 is 10.8 Å². The third-order valence-electron chi connectivity index (χ3n) is 2.51. The normalized spacial score (nSPS) is 10.2. The summed E-state index contributed by atoms with van der Waals surface area (Å²) in [7, 11) is 0. The lowest BCUT2D eigenvalue weighted by molar-refractivity contribution is 1.02. The van der Waals surface area contributed by atoms with Crippen LogP contribution >= 0.6 is 0 Å². The molecule has 0 radical (unpaired) electrons. The second-order valence-corrected chi connectivity index (χ2v) is 3.18. The van der Waals surface area contributed by atoms with Crippen LogP contribution in [0.25, 0.3) is 10.8 Å². The topological polar surface area (TPSA) is 4.93 Å². The molecule has 0 saturated carbocycles. The molecule has 0 aliphatic heterocycles. The van der Waals surface area contributed by atoms with Crippen LogP contribution in [-0.4, -0.2) is 4.57 Å². The summed E-state index contributed by atoms with van der Waals surface area (Å²) in [6, 6.07) is 10.9. The Kier molecular flexibility index (Phi) is 1.63. The van der Waals surface area contributed by atoms with Gasteiger partial charge in [0.15, 0.2) is 0 Å². The Balaban J connectivity index is 2.99. The Morgan fingerprint density at radius 1 is 1.08 bits per heavy atom. The first-order valence-electron chi connectivity index (χ1n) is 4.29. The van der Waals surface area contributed by atoms with Crippen LogP contribution in [0.4, 0.5) is 0 Å². The van der Waals surface area contributed by atoms with E-state index in [0.717, 1.165) is 11.4 Å². The molecule has 0 fully saturated rings. The summed E-state index contributed by atoms with van der Waals surface area (Å²) in [5.41, 5.74) is 2.30. The van der Waals surface area contributed by atoms with Crippen molar-refractivity contribution in [3.8, 4) is 12.5 Å². The molecule has 0 amide bonds. The Morgan fingerprint density at radius 3 is 1.92 bits per heavy atom. The predicted octanol–water partition coefficient (Wildman–Crippen LogP) is 2.70. The Bertz CT molecular complexity index is 459. The SMILES string of the molecule is C#Cn1c(C)c2ccccc2c1C. The van der Waals surface area contributed by atoms with E-state index in [2.05, 4.69) is 32.0 Å². The van der Waals surface area contributed by atoms with Crippen molar-refractivity contribution < 1.29 is 0 Å². The molecule has 0 atom stereocenters. The molecule has 0 N–H and O–H groups in total. The second-order valence-electron chi connectivity index (χ2n) is 3.18. The fraction of sp³-hybridized carbons (Fsp3) is 0.167. The smallest absolute Gasteiger partial charge is 0.0364 e. The van der Waals surface area contributed by atoms with Gasteiger partial charge in [-0.15, -0.1) is 0 Å². The predicted molar refractivity (Wildman–Crippen MR) is 55.6 cm³/mol. The van der Waals surface area contributed by atoms with Crippen LogP contribution in [-0.2, 0) is 0 Å². The molecule has 13 heavy (non-hydrogen) atoms. The molecule has 1 heterocycles. The first-order valence-corrected chi connectivity index (χ1v) is 4.29. The number of hydrogen-bond acceptors (Lipinski definition) is 0. The molecule has 0 aliphatic carbocycles. The monoisotopic (exact) mass is 169 g/mol. The lowest BCUT2D eigenvalue weighted by Crippen LogP contribution is -1.92. The minimum atomic E-state index is 1.15. The van der Waals surface area contributed by atoms with Crippen LogP contribution < -0.4 is 0 Å². The van der Waals surface area contributed by atoms with Gasteiger partial charge in [-0.1, -0.05) is 30.7 Å². The van der Waals surface area contributed by atoms with Gasteiger partial charge in [0, 0.05) is 28.2 Å². The molecule has 0 aliphatic rings. The highest BCUT2D eigenvalue weighted by atomic mass is 15.0. The average Bonchev–Trinajstić information content (AvgIpc) is 2.41. The molecule has 1 nitrogen and oxygen atoms in total. The average molecular weight is 169 g/mol. The Hall–Kier alpha value is -1.68. The third-order valence-corrected chi connectivity index (χ3v) is 2.51. The number of aromatic nitrogens is 1. The van der Waals surface area contributed by atoms with Crippen molar-refractivity contribution in [1.82, 2.24) is 4.57 Å². The number of terminal acetylenes is 1. The van der Waals surface area contributed by atoms with Gasteiger partial charge in [0.25, 0.3) is 0 Å². The molecule has 1 aromatic carbocycles. The summed E-state index contributed by atoms with van der Waals surface area (Å²) in [5.74, 6) is 0. The molecule has 0 saturated heterocycles. The van der Waals surface area contributed by atoms with Gasteiger partial charge >= 0.3 is 0 Å². The lowest BCUT2D eigenvalue weighted by atomic mass is 10.1. The van der Waals surface area contributed by atoms with Crippen LogP contribution in [0.15, 0.2) is 24.3 Å². The van der Waals surface area contributed by atoms with Crippen LogP contribution in [0, 0.1) is 26.3 Å². The van der Waals surface area contributed by atoms with Crippen LogP contribution in [0.1, 0.15) is 11.4 Å². The summed E-state index contributed by atoms with van der Waals surface area (Å²) in [6.07, 6.45) is 5.43. The van der Waals surface area contributed by atoms with Crippen LogP contribution in [0.5, 0.6) is 0 Å². The van der Waals surface area contributed by atoms with Crippen molar-refractivity contribution in [3.63, 3.8) is 0 Å². The molecule has 2 rings (SSSR count). The highest BCUT2D eigenvalue weighted by molar-refractivity contribution is 5.88. The van der Waals surface area contributed by atoms with Crippen LogP contribution in [0.3, 0.4) is 0 Å². The fourth-order valence-electron chi connectivity index (χ4n) is 1.80. The van der Waals surface area contributed by atoms with Crippen molar-refractivity contribution in [2.75, 3.05) is 0 Å². The van der Waals surface area contributed by atoms with E-state index in [9.17, 15) is 0 Å². The zero-order chi connectivity index (χ0) is 9.42. The number of benzene rings is 1. The van der Waals surface area contributed by atoms with E-state index in [0.29, 0.717) is 0 Å². The highest BCUT2D eigenvalue weighted by Gasteiger charge is 2.07. The minimum absolute atomic E-state index is 1.15. The molecule has 1 heteroatoms. The van der Waals surface area contributed by atoms with Crippen molar-refractivity contribution in [2.24, 2.45) is 0 Å². The van der Waals surface area contributed by atoms with Crippen molar-refractivity contribution in [2.45, 2.75) is 13.8 Å². The maximum atomic E-state index is 5.43. The molecule has 1 aromatic heterocycles. The first-order chi connectivity index (χ1) is 6.25. The van der Waals surface area contributed by atoms with Gasteiger partial charge in [-0.3, -0.25) is 4.57 Å². The van der Waals surface area contributed by atoms with E-state index >= 15 is 0 Å². The maximum absolute atomic E-state index is 5.43. The van der Waals surface area contributed by atoms with Crippen molar-refractivity contribution in [3.05, 3.63) is 35.7 Å². The molecule has 0 spiro atoms. The second kappa shape index (κ2) is 2.67. The van der Waals surface area contributed by atoms with Gasteiger partial charge in [0.1, 0.15) is 0 Å². The van der Waals surface area contributed by atoms with Crippen molar-refractivity contribution in [1.29, 1.82) is 0 Å². The summed E-state index contributed by atoms with van der Waals surface area (Å²) in [5, 5.41) is 2.50. The lowest BCUT2D eigenvalue weighted by Gasteiger charge is -1.95. The van der Waals surface area contributed by atoms with Gasteiger partial charge in [-0.05, 0) is 13.8 Å². The third kappa shape index (κ3) is 0.957. The van der Waals surface area contributed by atoms with E-state index < -0.39 is 0 Å². The molecular weight excluding hydrogens is 158 g/mol. The Morgan fingerprint density at radius 2 is 1.54 bits per heavy atom. The van der Waals surface area contributed by atoms with Gasteiger partial charge in [0.2, 0.25) is 0 Å². The van der Waals surface area contributed by atoms with Gasteiger partial charge in [0.05, 0.1) is 0 Å². The van der Waals surface area contributed by atoms with Gasteiger partial charge in [-0.25, -0.2) is 0 Å². The first kappa shape index (κ1) is 7.94. The Labute approximate surface area is 78.0 Å². The highest BCUT2D eigenvalue weighted by Crippen LogP contribution is 2.23. The minimum Gasteiger partial charge on any atom is -0.278 e. The number of fused-ring (bicyclic) bond motifs is 1. The molecule has 64 valence electrons. The number of hydrogen-bond donors (Lipinski definition) is 0. The maximum Gasteiger partial charge on any atom is 0.0364 e. The number of rotatable bonds is 0. The van der Waals surface area contributed by atoms with E-state index in [1.54, 1.807) is 0 Å². The summed E-state index contributed by atoms with van der Waals surface area (Å²) in [6.45, 7) is 4.10. The van der Waals surface area contributed by atoms with E-state index in [-0.39, 0.29) is 0 Å². The number of aryl methyl sites for hydroxylation is 2. The standard InChI is InChI=1S/C12H11N/c1-4-13-9(2)11-7-5-6-8-12(11)10(13)3/h1,5-8H,2-3H3.